The summed E-state index contributed by atoms with van der Waals surface area (Å²) in [7, 11) is 0. The van der Waals surface area contributed by atoms with E-state index in [0.29, 0.717) is 6.04 Å². The van der Waals surface area contributed by atoms with Gasteiger partial charge in [0.1, 0.15) is 5.75 Å². The van der Waals surface area contributed by atoms with Gasteiger partial charge in [0.25, 0.3) is 0 Å². The van der Waals surface area contributed by atoms with E-state index in [0.717, 1.165) is 17.6 Å². The molecule has 2 heterocycles. The number of hydrogen-bond donors (Lipinski definition) is 2. The molecular weight excluding hydrogens is 260 g/mol. The number of benzene rings is 2. The number of nitrogens with one attached hydrogen (secondary N) is 2. The van der Waals surface area contributed by atoms with E-state index in [1.807, 2.05) is 12.3 Å². The average molecular weight is 274 g/mol. The van der Waals surface area contributed by atoms with Crippen molar-refractivity contribution < 1.29 is 4.74 Å². The van der Waals surface area contributed by atoms with Crippen LogP contribution in [0, 0.1) is 10.4 Å². The third-order valence-electron chi connectivity index (χ3n) is 4.39. The minimum absolute atomic E-state index is 0.301. The summed E-state index contributed by atoms with van der Waals surface area (Å²) in [5.74, 6) is 0.933. The van der Waals surface area contributed by atoms with E-state index in [1.165, 1.54) is 26.9 Å². The first-order valence-electron chi connectivity index (χ1n) is 7.20. The van der Waals surface area contributed by atoms with Crippen molar-refractivity contribution in [2.24, 2.45) is 0 Å². The molecule has 5 rings (SSSR count). The molecular formula is C18H14N2O. The molecule has 1 atom stereocenters. The van der Waals surface area contributed by atoms with Crippen LogP contribution in [0.5, 0.6) is 5.75 Å². The molecule has 0 spiro atoms. The van der Waals surface area contributed by atoms with Crippen LogP contribution in [0.1, 0.15) is 5.56 Å². The predicted molar refractivity (Wildman–Crippen MR) is 82.3 cm³/mol. The van der Waals surface area contributed by atoms with E-state index >= 15 is 0 Å². The monoisotopic (exact) mass is 274 g/mol. The summed E-state index contributed by atoms with van der Waals surface area (Å²) in [5.41, 5.74) is 2.49. The summed E-state index contributed by atoms with van der Waals surface area (Å²) >= 11 is 0. The Morgan fingerprint density at radius 2 is 2.00 bits per heavy atom. The van der Waals surface area contributed by atoms with E-state index in [2.05, 4.69) is 53.1 Å². The van der Waals surface area contributed by atoms with Crippen molar-refractivity contribution >= 4 is 18.0 Å². The lowest BCUT2D eigenvalue weighted by molar-refractivity contribution is 0.529. The van der Waals surface area contributed by atoms with Gasteiger partial charge in [0.15, 0.2) is 0 Å². The first kappa shape index (κ1) is 11.2. The smallest absolute Gasteiger partial charge is 0.135 e. The van der Waals surface area contributed by atoms with Crippen LogP contribution in [0.25, 0.3) is 18.0 Å². The van der Waals surface area contributed by atoms with E-state index in [9.17, 15) is 0 Å². The highest BCUT2D eigenvalue weighted by atomic mass is 16.5. The zero-order chi connectivity index (χ0) is 13.8. The van der Waals surface area contributed by atoms with Crippen LogP contribution in [0.3, 0.4) is 0 Å². The molecule has 102 valence electrons. The molecule has 0 amide bonds. The summed E-state index contributed by atoms with van der Waals surface area (Å²) in [6, 6.07) is 13.0. The van der Waals surface area contributed by atoms with Gasteiger partial charge < -0.3 is 10.1 Å². The van der Waals surface area contributed by atoms with Crippen LogP contribution in [0.4, 0.5) is 0 Å². The SMILES string of the molecule is C1=CC2NCNC2=c2cc3c(cc21)=c1ccccc1=CO3. The molecule has 3 aliphatic rings. The molecule has 0 bridgehead atoms. The largest absolute Gasteiger partial charge is 0.464 e. The molecule has 1 unspecified atom stereocenters. The highest BCUT2D eigenvalue weighted by Gasteiger charge is 2.22. The number of hydrogen-bond acceptors (Lipinski definition) is 3. The fraction of sp³-hybridized carbons (Fsp3) is 0.111. The van der Waals surface area contributed by atoms with E-state index in [-0.39, 0.29) is 0 Å². The van der Waals surface area contributed by atoms with E-state index < -0.39 is 0 Å². The normalized spacial score (nSPS) is 20.4. The van der Waals surface area contributed by atoms with Gasteiger partial charge in [-0.1, -0.05) is 36.4 Å². The minimum atomic E-state index is 0.301. The van der Waals surface area contributed by atoms with Gasteiger partial charge in [-0.15, -0.1) is 0 Å². The van der Waals surface area contributed by atoms with Crippen molar-refractivity contribution in [2.45, 2.75) is 6.04 Å². The van der Waals surface area contributed by atoms with Crippen molar-refractivity contribution in [3.05, 3.63) is 68.9 Å². The van der Waals surface area contributed by atoms with Crippen molar-refractivity contribution in [1.82, 2.24) is 10.6 Å². The predicted octanol–water partition coefficient (Wildman–Crippen LogP) is 0.758. The summed E-state index contributed by atoms with van der Waals surface area (Å²) in [6.45, 7) is 0.816. The molecule has 21 heavy (non-hydrogen) atoms. The molecule has 2 aromatic carbocycles. The number of ether oxygens (including phenoxy) is 1. The molecule has 0 radical (unpaired) electrons. The molecule has 1 saturated heterocycles. The topological polar surface area (TPSA) is 33.3 Å². The van der Waals surface area contributed by atoms with Gasteiger partial charge in [-0.25, -0.2) is 0 Å². The third kappa shape index (κ3) is 1.52. The van der Waals surface area contributed by atoms with Gasteiger partial charge in [-0.05, 0) is 22.9 Å². The van der Waals surface area contributed by atoms with Gasteiger partial charge in [0.05, 0.1) is 19.0 Å². The summed E-state index contributed by atoms with van der Waals surface area (Å²) in [6.07, 6.45) is 6.25. The summed E-state index contributed by atoms with van der Waals surface area (Å²) in [5, 5.41) is 11.6. The maximum absolute atomic E-state index is 5.85. The number of fused-ring (bicyclic) bond motifs is 4. The fourth-order valence-electron chi connectivity index (χ4n) is 3.34. The second-order valence-corrected chi connectivity index (χ2v) is 5.57. The van der Waals surface area contributed by atoms with Gasteiger partial charge in [-0.2, -0.15) is 0 Å². The highest BCUT2D eigenvalue weighted by molar-refractivity contribution is 5.69. The molecule has 3 nitrogen and oxygen atoms in total. The van der Waals surface area contributed by atoms with E-state index in [1.54, 1.807) is 0 Å². The zero-order valence-electron chi connectivity index (χ0n) is 11.4. The second-order valence-electron chi connectivity index (χ2n) is 5.57. The van der Waals surface area contributed by atoms with Gasteiger partial charge >= 0.3 is 0 Å². The first-order valence-corrected chi connectivity index (χ1v) is 7.20. The summed E-state index contributed by atoms with van der Waals surface area (Å²) < 4.78 is 5.85. The van der Waals surface area contributed by atoms with Gasteiger partial charge in [0, 0.05) is 21.4 Å². The Balaban J connectivity index is 1.96. The first-order chi connectivity index (χ1) is 10.4. The van der Waals surface area contributed by atoms with Crippen LogP contribution in [-0.2, 0) is 0 Å². The average Bonchev–Trinajstić information content (AvgIpc) is 3.02. The van der Waals surface area contributed by atoms with Crippen molar-refractivity contribution in [1.29, 1.82) is 0 Å². The molecule has 0 aromatic heterocycles. The Bertz CT molecular complexity index is 1000. The lowest BCUT2D eigenvalue weighted by Gasteiger charge is -2.16. The van der Waals surface area contributed by atoms with Crippen LogP contribution < -0.4 is 25.8 Å². The maximum atomic E-state index is 5.85. The fourth-order valence-corrected chi connectivity index (χ4v) is 3.34. The zero-order valence-corrected chi connectivity index (χ0v) is 11.4. The number of rotatable bonds is 0. The molecule has 2 aliphatic heterocycles. The molecule has 2 aromatic rings. The van der Waals surface area contributed by atoms with Crippen molar-refractivity contribution in [2.75, 3.05) is 6.67 Å². The van der Waals surface area contributed by atoms with Crippen molar-refractivity contribution in [3.63, 3.8) is 0 Å². The molecule has 1 fully saturated rings. The molecule has 0 saturated carbocycles. The Morgan fingerprint density at radius 1 is 1.05 bits per heavy atom. The minimum Gasteiger partial charge on any atom is -0.464 e. The Morgan fingerprint density at radius 3 is 3.00 bits per heavy atom. The molecule has 1 aliphatic carbocycles. The maximum Gasteiger partial charge on any atom is 0.135 e. The van der Waals surface area contributed by atoms with Crippen LogP contribution in [0.15, 0.2) is 42.5 Å². The quantitative estimate of drug-likeness (QED) is 0.744. The molecule has 3 heteroatoms. The second kappa shape index (κ2) is 3.99. The molecule has 2 N–H and O–H groups in total. The van der Waals surface area contributed by atoms with Gasteiger partial charge in [0.2, 0.25) is 0 Å². The Kier molecular flexibility index (Phi) is 2.12. The summed E-state index contributed by atoms with van der Waals surface area (Å²) in [4.78, 5) is 0. The van der Waals surface area contributed by atoms with Gasteiger partial charge in [-0.3, -0.25) is 5.32 Å². The highest BCUT2D eigenvalue weighted by Crippen LogP contribution is 2.20. The van der Waals surface area contributed by atoms with E-state index in [4.69, 9.17) is 4.74 Å². The van der Waals surface area contributed by atoms with Crippen LogP contribution in [0.2, 0.25) is 0 Å². The standard InChI is InChI=1S/C18H14N2O/c1-2-4-13-12(3-1)9-21-17-8-14-11(7-15(13)17)5-6-16-18(14)20-10-19-16/h1-9,16,19-20H,10H2. The lowest BCUT2D eigenvalue weighted by Crippen LogP contribution is -2.28. The van der Waals surface area contributed by atoms with Crippen molar-refractivity contribution in [3.8, 4) is 5.75 Å². The van der Waals surface area contributed by atoms with Crippen LogP contribution in [-0.4, -0.2) is 12.7 Å². The Hall–Kier alpha value is -2.52. The third-order valence-corrected chi connectivity index (χ3v) is 4.39. The van der Waals surface area contributed by atoms with Crippen LogP contribution >= 0.6 is 0 Å². The lowest BCUT2D eigenvalue weighted by atomic mass is 9.98. The Labute approximate surface area is 121 Å².